The van der Waals surface area contributed by atoms with Crippen molar-refractivity contribution in [2.45, 2.75) is 25.0 Å². The lowest BCUT2D eigenvalue weighted by atomic mass is 10.0. The number of carbonyl (C=O) groups is 1. The average Bonchev–Trinajstić information content (AvgIpc) is 2.68. The summed E-state index contributed by atoms with van der Waals surface area (Å²) >= 11 is 0. The second-order valence-electron chi connectivity index (χ2n) is 5.90. The summed E-state index contributed by atoms with van der Waals surface area (Å²) in [5, 5.41) is -0.331. The maximum Gasteiger partial charge on any atom is 0.253 e. The van der Waals surface area contributed by atoms with Crippen molar-refractivity contribution in [3.8, 4) is 0 Å². The minimum Gasteiger partial charge on any atom is -0.339 e. The van der Waals surface area contributed by atoms with Gasteiger partial charge in [-0.3, -0.25) is 9.78 Å². The van der Waals surface area contributed by atoms with Gasteiger partial charge in [0, 0.05) is 44.1 Å². The minimum atomic E-state index is -3.19. The molecular formula is C15H21N3O3S. The van der Waals surface area contributed by atoms with Gasteiger partial charge in [-0.25, -0.2) is 12.7 Å². The average molecular weight is 323 g/mol. The van der Waals surface area contributed by atoms with Crippen molar-refractivity contribution in [1.82, 2.24) is 14.2 Å². The Kier molecular flexibility index (Phi) is 4.18. The molecular weight excluding hydrogens is 302 g/mol. The highest BCUT2D eigenvalue weighted by atomic mass is 32.2. The lowest BCUT2D eigenvalue weighted by molar-refractivity contribution is 0.0759. The van der Waals surface area contributed by atoms with Crippen LogP contribution in [0, 0.1) is 5.92 Å². The van der Waals surface area contributed by atoms with Crippen LogP contribution in [0.1, 0.15) is 30.1 Å². The van der Waals surface area contributed by atoms with Crippen LogP contribution in [0.3, 0.4) is 0 Å². The predicted octanol–water partition coefficient (Wildman–Crippen LogP) is 0.968. The van der Waals surface area contributed by atoms with E-state index in [1.54, 1.807) is 33.7 Å². The number of hydrogen-bond donors (Lipinski definition) is 0. The largest absolute Gasteiger partial charge is 0.339 e. The van der Waals surface area contributed by atoms with Crippen molar-refractivity contribution >= 4 is 15.9 Å². The number of hydrogen-bond acceptors (Lipinski definition) is 4. The second kappa shape index (κ2) is 5.96. The lowest BCUT2D eigenvalue weighted by Gasteiger charge is -2.21. The van der Waals surface area contributed by atoms with Crippen LogP contribution < -0.4 is 0 Å². The van der Waals surface area contributed by atoms with Gasteiger partial charge in [0.25, 0.3) is 5.91 Å². The standard InChI is InChI=1S/C15H21N3O3S/c1-2-18-11-13-5-9-17(10-6-14(13)22(18,20)21)15(19)12-3-7-16-8-4-12/h3-4,7-8,13-14H,2,5-6,9-11H2,1H3/t13-,14-/m1/s1. The van der Waals surface area contributed by atoms with Crippen LogP contribution in [0.5, 0.6) is 0 Å². The molecule has 120 valence electrons. The maximum atomic E-state index is 12.5. The first-order chi connectivity index (χ1) is 10.5. The number of carbonyl (C=O) groups excluding carboxylic acids is 1. The maximum absolute atomic E-state index is 12.5. The van der Waals surface area contributed by atoms with Crippen molar-refractivity contribution in [3.05, 3.63) is 30.1 Å². The molecule has 2 aliphatic heterocycles. The number of sulfonamides is 1. The molecule has 0 aliphatic carbocycles. The van der Waals surface area contributed by atoms with Gasteiger partial charge in [0.2, 0.25) is 10.0 Å². The zero-order valence-electron chi connectivity index (χ0n) is 12.7. The number of rotatable bonds is 2. The van der Waals surface area contributed by atoms with Crippen molar-refractivity contribution in [3.63, 3.8) is 0 Å². The van der Waals surface area contributed by atoms with E-state index >= 15 is 0 Å². The first-order valence-electron chi connectivity index (χ1n) is 7.72. The minimum absolute atomic E-state index is 0.0351. The van der Waals surface area contributed by atoms with Crippen molar-refractivity contribution < 1.29 is 13.2 Å². The summed E-state index contributed by atoms with van der Waals surface area (Å²) in [5.41, 5.74) is 0.611. The lowest BCUT2D eigenvalue weighted by Crippen LogP contribution is -2.34. The van der Waals surface area contributed by atoms with Gasteiger partial charge in [-0.2, -0.15) is 0 Å². The molecule has 3 rings (SSSR count). The molecule has 2 fully saturated rings. The molecule has 0 aromatic carbocycles. The molecule has 3 heterocycles. The highest BCUT2D eigenvalue weighted by molar-refractivity contribution is 7.90. The molecule has 0 bridgehead atoms. The number of fused-ring (bicyclic) bond motifs is 1. The third-order valence-corrected chi connectivity index (χ3v) is 7.24. The molecule has 0 radical (unpaired) electrons. The molecule has 1 aromatic heterocycles. The number of likely N-dealkylation sites (tertiary alicyclic amines) is 1. The normalized spacial score (nSPS) is 28.1. The fraction of sp³-hybridized carbons (Fsp3) is 0.600. The fourth-order valence-corrected chi connectivity index (χ4v) is 5.74. The summed E-state index contributed by atoms with van der Waals surface area (Å²) in [4.78, 5) is 18.2. The van der Waals surface area contributed by atoms with Crippen LogP contribution >= 0.6 is 0 Å². The van der Waals surface area contributed by atoms with Crippen molar-refractivity contribution in [1.29, 1.82) is 0 Å². The molecule has 1 amide bonds. The third kappa shape index (κ3) is 2.63. The summed E-state index contributed by atoms with van der Waals surface area (Å²) in [6.45, 7) is 4.13. The monoisotopic (exact) mass is 323 g/mol. The Labute approximate surface area is 131 Å². The van der Waals surface area contributed by atoms with Gasteiger partial charge in [0.05, 0.1) is 5.25 Å². The molecule has 22 heavy (non-hydrogen) atoms. The fourth-order valence-electron chi connectivity index (χ4n) is 3.49. The second-order valence-corrected chi connectivity index (χ2v) is 8.05. The van der Waals surface area contributed by atoms with Crippen LogP contribution in [0.15, 0.2) is 24.5 Å². The molecule has 6 nitrogen and oxygen atoms in total. The van der Waals surface area contributed by atoms with E-state index in [4.69, 9.17) is 0 Å². The first-order valence-corrected chi connectivity index (χ1v) is 9.22. The van der Waals surface area contributed by atoms with Crippen LogP contribution in [-0.2, 0) is 10.0 Å². The summed E-state index contributed by atoms with van der Waals surface area (Å²) in [6, 6.07) is 3.40. The Morgan fingerprint density at radius 3 is 2.64 bits per heavy atom. The van der Waals surface area contributed by atoms with E-state index in [1.165, 1.54) is 0 Å². The molecule has 0 N–H and O–H groups in total. The van der Waals surface area contributed by atoms with E-state index < -0.39 is 10.0 Å². The Morgan fingerprint density at radius 1 is 1.27 bits per heavy atom. The molecule has 2 aliphatic rings. The summed E-state index contributed by atoms with van der Waals surface area (Å²) < 4.78 is 26.5. The molecule has 0 unspecified atom stereocenters. The summed E-state index contributed by atoms with van der Waals surface area (Å²) in [6.07, 6.45) is 4.48. The van der Waals surface area contributed by atoms with Gasteiger partial charge < -0.3 is 4.90 Å². The first kappa shape index (κ1) is 15.4. The number of amides is 1. The Hall–Kier alpha value is -1.47. The van der Waals surface area contributed by atoms with Gasteiger partial charge >= 0.3 is 0 Å². The molecule has 7 heteroatoms. The van der Waals surface area contributed by atoms with E-state index in [9.17, 15) is 13.2 Å². The SMILES string of the molecule is CCN1C[C@H]2CCN(C(=O)c3ccncc3)CC[C@H]2S1(=O)=O. The van der Waals surface area contributed by atoms with E-state index in [1.807, 2.05) is 6.92 Å². The quantitative estimate of drug-likeness (QED) is 0.813. The van der Waals surface area contributed by atoms with Gasteiger partial charge in [0.15, 0.2) is 0 Å². The van der Waals surface area contributed by atoms with Crippen LogP contribution in [0.2, 0.25) is 0 Å². The van der Waals surface area contributed by atoms with Gasteiger partial charge in [-0.15, -0.1) is 0 Å². The van der Waals surface area contributed by atoms with Crippen LogP contribution in [0.25, 0.3) is 0 Å². The van der Waals surface area contributed by atoms with Gasteiger partial charge in [0.1, 0.15) is 0 Å². The molecule has 2 saturated heterocycles. The third-order valence-electron chi connectivity index (χ3n) is 4.73. The van der Waals surface area contributed by atoms with E-state index in [-0.39, 0.29) is 17.1 Å². The van der Waals surface area contributed by atoms with Gasteiger partial charge in [-0.05, 0) is 30.9 Å². The highest BCUT2D eigenvalue weighted by Crippen LogP contribution is 2.34. The van der Waals surface area contributed by atoms with E-state index in [0.29, 0.717) is 38.2 Å². The number of nitrogens with zero attached hydrogens (tertiary/aromatic N) is 3. The van der Waals surface area contributed by atoms with E-state index in [2.05, 4.69) is 4.98 Å². The molecule has 0 spiro atoms. The number of pyridine rings is 1. The predicted molar refractivity (Wildman–Crippen MR) is 82.8 cm³/mol. The van der Waals surface area contributed by atoms with E-state index in [0.717, 1.165) is 6.42 Å². The number of aromatic nitrogens is 1. The zero-order chi connectivity index (χ0) is 15.7. The topological polar surface area (TPSA) is 70.6 Å². The zero-order valence-corrected chi connectivity index (χ0v) is 13.5. The highest BCUT2D eigenvalue weighted by Gasteiger charge is 2.46. The van der Waals surface area contributed by atoms with Crippen LogP contribution in [0.4, 0.5) is 0 Å². The Bertz CT molecular complexity index is 647. The van der Waals surface area contributed by atoms with Crippen molar-refractivity contribution in [2.75, 3.05) is 26.2 Å². The molecule has 2 atom stereocenters. The summed E-state index contributed by atoms with van der Waals surface area (Å²) in [7, 11) is -3.19. The summed E-state index contributed by atoms with van der Waals surface area (Å²) in [5.74, 6) is 0.104. The molecule has 0 saturated carbocycles. The Morgan fingerprint density at radius 2 is 1.95 bits per heavy atom. The van der Waals surface area contributed by atoms with Gasteiger partial charge in [-0.1, -0.05) is 6.92 Å². The Balaban J connectivity index is 1.74. The van der Waals surface area contributed by atoms with Crippen LogP contribution in [-0.4, -0.2) is 59.9 Å². The smallest absolute Gasteiger partial charge is 0.253 e. The van der Waals surface area contributed by atoms with Crippen molar-refractivity contribution in [2.24, 2.45) is 5.92 Å². The molecule has 1 aromatic rings.